The molecule has 1 amide bonds. The van der Waals surface area contributed by atoms with Crippen LogP contribution in [0.1, 0.15) is 43.2 Å². The highest BCUT2D eigenvalue weighted by molar-refractivity contribution is 5.92. The Kier molecular flexibility index (Phi) is 3.56. The van der Waals surface area contributed by atoms with E-state index in [1.807, 2.05) is 6.07 Å². The van der Waals surface area contributed by atoms with Crippen LogP contribution in [-0.2, 0) is 17.9 Å². The topological polar surface area (TPSA) is 32.3 Å². The lowest BCUT2D eigenvalue weighted by Gasteiger charge is -2.20. The maximum absolute atomic E-state index is 12.2. The van der Waals surface area contributed by atoms with Crippen LogP contribution in [0.3, 0.4) is 0 Å². The first kappa shape index (κ1) is 12.7. The van der Waals surface area contributed by atoms with Crippen molar-refractivity contribution in [2.45, 2.75) is 45.2 Å². The van der Waals surface area contributed by atoms with Crippen molar-refractivity contribution in [1.82, 2.24) is 4.90 Å². The average Bonchev–Trinajstić information content (AvgIpc) is 2.79. The Bertz CT molecular complexity index is 478. The zero-order valence-electron chi connectivity index (χ0n) is 11.6. The van der Waals surface area contributed by atoms with E-state index < -0.39 is 0 Å². The highest BCUT2D eigenvalue weighted by atomic mass is 16.1. The summed E-state index contributed by atoms with van der Waals surface area (Å²) in [6.45, 7) is 2.01. The summed E-state index contributed by atoms with van der Waals surface area (Å²) in [5.41, 5.74) is 3.70. The van der Waals surface area contributed by atoms with E-state index in [-0.39, 0.29) is 11.8 Å². The third-order valence-corrected chi connectivity index (χ3v) is 4.33. The van der Waals surface area contributed by atoms with Gasteiger partial charge in [0, 0.05) is 24.7 Å². The van der Waals surface area contributed by atoms with Crippen LogP contribution in [0.4, 0.5) is 5.69 Å². The SMILES string of the molecule is CN1Cc2ccc(NC(=O)C3CCCCC3)cc2C1. The summed E-state index contributed by atoms with van der Waals surface area (Å²) in [5, 5.41) is 3.10. The molecule has 0 spiro atoms. The van der Waals surface area contributed by atoms with Crippen molar-refractivity contribution in [3.63, 3.8) is 0 Å². The largest absolute Gasteiger partial charge is 0.326 e. The van der Waals surface area contributed by atoms with Gasteiger partial charge in [0.15, 0.2) is 0 Å². The van der Waals surface area contributed by atoms with Crippen molar-refractivity contribution >= 4 is 11.6 Å². The molecule has 0 unspecified atom stereocenters. The molecule has 3 nitrogen and oxygen atoms in total. The van der Waals surface area contributed by atoms with Crippen LogP contribution in [0, 0.1) is 5.92 Å². The minimum atomic E-state index is 0.214. The summed E-state index contributed by atoms with van der Waals surface area (Å²) < 4.78 is 0. The number of fused-ring (bicyclic) bond motifs is 1. The molecule has 3 rings (SSSR count). The summed E-state index contributed by atoms with van der Waals surface area (Å²) in [4.78, 5) is 14.5. The molecule has 0 bridgehead atoms. The van der Waals surface area contributed by atoms with Gasteiger partial charge >= 0.3 is 0 Å². The van der Waals surface area contributed by atoms with Crippen molar-refractivity contribution in [1.29, 1.82) is 0 Å². The molecule has 2 aliphatic rings. The van der Waals surface area contributed by atoms with Crippen molar-refractivity contribution in [2.24, 2.45) is 5.92 Å². The molecule has 0 radical (unpaired) electrons. The predicted molar refractivity (Wildman–Crippen MR) is 76.8 cm³/mol. The van der Waals surface area contributed by atoms with E-state index in [2.05, 4.69) is 29.4 Å². The van der Waals surface area contributed by atoms with Crippen molar-refractivity contribution in [3.05, 3.63) is 29.3 Å². The van der Waals surface area contributed by atoms with Gasteiger partial charge in [0.2, 0.25) is 5.91 Å². The van der Waals surface area contributed by atoms with E-state index in [0.717, 1.165) is 31.6 Å². The van der Waals surface area contributed by atoms with Gasteiger partial charge in [-0.05, 0) is 43.1 Å². The Morgan fingerprint density at radius 3 is 2.68 bits per heavy atom. The molecule has 3 heteroatoms. The molecule has 1 aromatic rings. The Hall–Kier alpha value is -1.35. The monoisotopic (exact) mass is 258 g/mol. The fourth-order valence-electron chi connectivity index (χ4n) is 3.25. The fraction of sp³-hybridized carbons (Fsp3) is 0.562. The summed E-state index contributed by atoms with van der Waals surface area (Å²) in [6, 6.07) is 6.33. The van der Waals surface area contributed by atoms with Crippen LogP contribution < -0.4 is 5.32 Å². The number of carbonyl (C=O) groups excluding carboxylic acids is 1. The number of benzene rings is 1. The molecular formula is C16H22N2O. The average molecular weight is 258 g/mol. The first-order valence-corrected chi connectivity index (χ1v) is 7.33. The predicted octanol–water partition coefficient (Wildman–Crippen LogP) is 3.15. The molecule has 1 N–H and O–H groups in total. The molecule has 0 atom stereocenters. The molecule has 1 fully saturated rings. The number of anilines is 1. The van der Waals surface area contributed by atoms with E-state index in [1.165, 1.54) is 30.4 Å². The molecular weight excluding hydrogens is 236 g/mol. The van der Waals surface area contributed by atoms with Crippen LogP contribution in [0.15, 0.2) is 18.2 Å². The van der Waals surface area contributed by atoms with Gasteiger partial charge in [0.25, 0.3) is 0 Å². The first-order chi connectivity index (χ1) is 9.22. The second kappa shape index (κ2) is 5.33. The number of nitrogens with one attached hydrogen (secondary N) is 1. The van der Waals surface area contributed by atoms with Gasteiger partial charge in [-0.2, -0.15) is 0 Å². The lowest BCUT2D eigenvalue weighted by molar-refractivity contribution is -0.120. The molecule has 102 valence electrons. The number of nitrogens with zero attached hydrogens (tertiary/aromatic N) is 1. The summed E-state index contributed by atoms with van der Waals surface area (Å²) in [7, 11) is 2.13. The van der Waals surface area contributed by atoms with Gasteiger partial charge in [-0.3, -0.25) is 9.69 Å². The van der Waals surface area contributed by atoms with E-state index in [0.29, 0.717) is 0 Å². The van der Waals surface area contributed by atoms with Crippen molar-refractivity contribution in [2.75, 3.05) is 12.4 Å². The van der Waals surface area contributed by atoms with E-state index in [9.17, 15) is 4.79 Å². The maximum atomic E-state index is 12.2. The molecule has 1 aliphatic heterocycles. The molecule has 1 aliphatic carbocycles. The molecule has 0 aromatic heterocycles. The van der Waals surface area contributed by atoms with E-state index in [1.54, 1.807) is 0 Å². The van der Waals surface area contributed by atoms with Crippen molar-refractivity contribution in [3.8, 4) is 0 Å². The summed E-state index contributed by atoms with van der Waals surface area (Å²) in [6.07, 6.45) is 5.80. The Morgan fingerprint density at radius 1 is 1.16 bits per heavy atom. The molecule has 1 aromatic carbocycles. The number of hydrogen-bond donors (Lipinski definition) is 1. The smallest absolute Gasteiger partial charge is 0.227 e. The molecule has 0 saturated heterocycles. The lowest BCUT2D eigenvalue weighted by atomic mass is 9.88. The maximum Gasteiger partial charge on any atom is 0.227 e. The van der Waals surface area contributed by atoms with Gasteiger partial charge in [-0.1, -0.05) is 25.3 Å². The third kappa shape index (κ3) is 2.81. The summed E-state index contributed by atoms with van der Waals surface area (Å²) in [5.74, 6) is 0.440. The quantitative estimate of drug-likeness (QED) is 0.883. The van der Waals surface area contributed by atoms with Crippen LogP contribution in [0.25, 0.3) is 0 Å². The third-order valence-electron chi connectivity index (χ3n) is 4.33. The second-order valence-corrected chi connectivity index (χ2v) is 5.98. The van der Waals surface area contributed by atoms with Crippen molar-refractivity contribution < 1.29 is 4.79 Å². The zero-order valence-corrected chi connectivity index (χ0v) is 11.6. The summed E-state index contributed by atoms with van der Waals surface area (Å²) >= 11 is 0. The molecule has 19 heavy (non-hydrogen) atoms. The normalized spacial score (nSPS) is 20.3. The van der Waals surface area contributed by atoms with Crippen LogP contribution in [-0.4, -0.2) is 17.9 Å². The Balaban J connectivity index is 1.67. The number of rotatable bonds is 2. The standard InChI is InChI=1S/C16H22N2O/c1-18-10-13-7-8-15(9-14(13)11-18)17-16(19)12-5-3-2-4-6-12/h7-9,12H,2-6,10-11H2,1H3,(H,17,19). The van der Waals surface area contributed by atoms with Crippen LogP contribution >= 0.6 is 0 Å². The highest BCUT2D eigenvalue weighted by Gasteiger charge is 2.22. The van der Waals surface area contributed by atoms with Gasteiger partial charge in [-0.15, -0.1) is 0 Å². The molecule has 1 saturated carbocycles. The van der Waals surface area contributed by atoms with Gasteiger partial charge in [-0.25, -0.2) is 0 Å². The highest BCUT2D eigenvalue weighted by Crippen LogP contribution is 2.27. The van der Waals surface area contributed by atoms with Gasteiger partial charge in [0.1, 0.15) is 0 Å². The van der Waals surface area contributed by atoms with Gasteiger partial charge in [0.05, 0.1) is 0 Å². The lowest BCUT2D eigenvalue weighted by Crippen LogP contribution is -2.24. The number of hydrogen-bond acceptors (Lipinski definition) is 2. The minimum absolute atomic E-state index is 0.214. The van der Waals surface area contributed by atoms with E-state index in [4.69, 9.17) is 0 Å². The Labute approximate surface area is 115 Å². The van der Waals surface area contributed by atoms with Crippen LogP contribution in [0.2, 0.25) is 0 Å². The van der Waals surface area contributed by atoms with Crippen LogP contribution in [0.5, 0.6) is 0 Å². The molecule has 1 heterocycles. The first-order valence-electron chi connectivity index (χ1n) is 7.33. The number of carbonyl (C=O) groups is 1. The Morgan fingerprint density at radius 2 is 1.89 bits per heavy atom. The van der Waals surface area contributed by atoms with E-state index >= 15 is 0 Å². The zero-order chi connectivity index (χ0) is 13.2. The second-order valence-electron chi connectivity index (χ2n) is 5.98. The fourth-order valence-corrected chi connectivity index (χ4v) is 3.25. The number of amides is 1. The van der Waals surface area contributed by atoms with Gasteiger partial charge < -0.3 is 5.32 Å². The minimum Gasteiger partial charge on any atom is -0.326 e.